The van der Waals surface area contributed by atoms with Crippen molar-refractivity contribution in [2.75, 3.05) is 25.0 Å². The van der Waals surface area contributed by atoms with Crippen LogP contribution in [-0.4, -0.2) is 47.3 Å². The van der Waals surface area contributed by atoms with E-state index in [2.05, 4.69) is 33.0 Å². The lowest BCUT2D eigenvalue weighted by atomic mass is 10.2. The Morgan fingerprint density at radius 2 is 2.27 bits per heavy atom. The number of hydrogen-bond acceptors (Lipinski definition) is 5. The molecule has 78 valence electrons. The molecule has 3 rings (SSSR count). The normalized spacial score (nSPS) is 29.7. The molecule has 1 aromatic rings. The maximum atomic E-state index is 5.29. The van der Waals surface area contributed by atoms with Crippen molar-refractivity contribution in [3.8, 4) is 12.3 Å². The van der Waals surface area contributed by atoms with Crippen LogP contribution in [0.1, 0.15) is 11.4 Å². The summed E-state index contributed by atoms with van der Waals surface area (Å²) in [6.45, 7) is 2.20. The Morgan fingerprint density at radius 1 is 1.40 bits per heavy atom. The van der Waals surface area contributed by atoms with E-state index >= 15 is 0 Å². The van der Waals surface area contributed by atoms with Gasteiger partial charge in [-0.1, -0.05) is 11.3 Å². The molecule has 0 aromatic carbocycles. The lowest BCUT2D eigenvalue weighted by Gasteiger charge is -2.31. The van der Waals surface area contributed by atoms with E-state index in [-0.39, 0.29) is 0 Å². The highest BCUT2D eigenvalue weighted by molar-refractivity contribution is 7.15. The van der Waals surface area contributed by atoms with Gasteiger partial charge in [-0.2, -0.15) is 0 Å². The fourth-order valence-corrected chi connectivity index (χ4v) is 3.23. The van der Waals surface area contributed by atoms with Crippen molar-refractivity contribution in [3.05, 3.63) is 5.01 Å². The topological polar surface area (TPSA) is 32.3 Å². The van der Waals surface area contributed by atoms with E-state index in [1.165, 1.54) is 17.8 Å². The molecule has 0 spiro atoms. The van der Waals surface area contributed by atoms with Crippen LogP contribution in [0.4, 0.5) is 5.13 Å². The minimum absolute atomic E-state index is 0.610. The summed E-state index contributed by atoms with van der Waals surface area (Å²) in [5.74, 6) is 2.53. The van der Waals surface area contributed by atoms with Gasteiger partial charge in [-0.25, -0.2) is 0 Å². The zero-order valence-corrected chi connectivity index (χ0v) is 9.37. The van der Waals surface area contributed by atoms with Crippen LogP contribution in [0.25, 0.3) is 0 Å². The molecule has 2 fully saturated rings. The monoisotopic (exact) mass is 220 g/mol. The third-order valence-corrected chi connectivity index (χ3v) is 4.19. The van der Waals surface area contributed by atoms with Crippen molar-refractivity contribution >= 4 is 16.5 Å². The van der Waals surface area contributed by atoms with Crippen molar-refractivity contribution in [2.45, 2.75) is 18.5 Å². The smallest absolute Gasteiger partial charge is 0.209 e. The van der Waals surface area contributed by atoms with Gasteiger partial charge in [-0.05, 0) is 19.4 Å². The first-order chi connectivity index (χ1) is 7.28. The number of terminal acetylenes is 1. The molecule has 5 heteroatoms. The standard InChI is InChI=1S/C10H12N4S/c1-3-9-11-12-10(15-9)14-6-7-4-8(14)5-13(7)2/h1,7-8H,4-6H2,2H3/t7-,8-/m0/s1. The zero-order chi connectivity index (χ0) is 10.4. The molecule has 0 aliphatic carbocycles. The summed E-state index contributed by atoms with van der Waals surface area (Å²) in [4.78, 5) is 4.77. The number of nitrogens with zero attached hydrogens (tertiary/aromatic N) is 4. The molecule has 1 aromatic heterocycles. The minimum atomic E-state index is 0.610. The Morgan fingerprint density at radius 3 is 2.80 bits per heavy atom. The van der Waals surface area contributed by atoms with Crippen LogP contribution >= 0.6 is 11.3 Å². The van der Waals surface area contributed by atoms with Crippen molar-refractivity contribution in [2.24, 2.45) is 0 Å². The molecule has 0 amide bonds. The number of piperazine rings is 1. The van der Waals surface area contributed by atoms with E-state index in [4.69, 9.17) is 6.42 Å². The van der Waals surface area contributed by atoms with Crippen LogP contribution in [0, 0.1) is 12.3 Å². The van der Waals surface area contributed by atoms with Gasteiger partial charge in [-0.3, -0.25) is 4.90 Å². The van der Waals surface area contributed by atoms with Gasteiger partial charge in [0.15, 0.2) is 5.01 Å². The van der Waals surface area contributed by atoms with Crippen LogP contribution in [0.2, 0.25) is 0 Å². The predicted octanol–water partition coefficient (Wildman–Crippen LogP) is 0.412. The van der Waals surface area contributed by atoms with Gasteiger partial charge in [0.2, 0.25) is 5.13 Å². The molecule has 0 radical (unpaired) electrons. The van der Waals surface area contributed by atoms with Crippen molar-refractivity contribution in [3.63, 3.8) is 0 Å². The Bertz CT molecular complexity index is 419. The van der Waals surface area contributed by atoms with Gasteiger partial charge in [0.1, 0.15) is 0 Å². The summed E-state index contributed by atoms with van der Waals surface area (Å²) in [7, 11) is 2.19. The average molecular weight is 220 g/mol. The second-order valence-corrected chi connectivity index (χ2v) is 5.13. The molecule has 4 nitrogen and oxygen atoms in total. The highest BCUT2D eigenvalue weighted by atomic mass is 32.1. The summed E-state index contributed by atoms with van der Waals surface area (Å²) in [6, 6.07) is 1.30. The molecular formula is C10H12N4S. The van der Waals surface area contributed by atoms with Crippen LogP contribution < -0.4 is 4.90 Å². The van der Waals surface area contributed by atoms with Crippen LogP contribution in [-0.2, 0) is 0 Å². The first kappa shape index (κ1) is 9.13. The lowest BCUT2D eigenvalue weighted by molar-refractivity contribution is 0.292. The molecule has 2 aliphatic rings. The number of rotatable bonds is 1. The van der Waals surface area contributed by atoms with Gasteiger partial charge in [0.05, 0.1) is 0 Å². The Hall–Kier alpha value is -1.12. The van der Waals surface area contributed by atoms with Gasteiger partial charge < -0.3 is 4.90 Å². The maximum absolute atomic E-state index is 5.29. The van der Waals surface area contributed by atoms with Gasteiger partial charge >= 0.3 is 0 Å². The molecule has 0 N–H and O–H groups in total. The molecule has 2 aliphatic heterocycles. The van der Waals surface area contributed by atoms with Crippen LogP contribution in [0.5, 0.6) is 0 Å². The van der Waals surface area contributed by atoms with E-state index in [0.717, 1.165) is 18.2 Å². The molecule has 2 saturated heterocycles. The molecular weight excluding hydrogens is 208 g/mol. The predicted molar refractivity (Wildman–Crippen MR) is 60.0 cm³/mol. The van der Waals surface area contributed by atoms with E-state index in [9.17, 15) is 0 Å². The third-order valence-electron chi connectivity index (χ3n) is 3.30. The molecule has 3 heterocycles. The van der Waals surface area contributed by atoms with Crippen molar-refractivity contribution in [1.29, 1.82) is 0 Å². The molecule has 2 bridgehead atoms. The van der Waals surface area contributed by atoms with E-state index in [0.29, 0.717) is 17.1 Å². The van der Waals surface area contributed by atoms with Gasteiger partial charge in [-0.15, -0.1) is 16.6 Å². The summed E-state index contributed by atoms with van der Waals surface area (Å²) in [6.07, 6.45) is 6.54. The number of aromatic nitrogens is 2. The largest absolute Gasteiger partial charge is 0.341 e. The highest BCUT2D eigenvalue weighted by Crippen LogP contribution is 2.34. The first-order valence-corrected chi connectivity index (χ1v) is 5.86. The number of hydrogen-bond donors (Lipinski definition) is 0. The summed E-state index contributed by atoms with van der Waals surface area (Å²) in [5, 5.41) is 9.78. The first-order valence-electron chi connectivity index (χ1n) is 5.05. The SMILES string of the molecule is C#Cc1nnc(N2C[C@@H]3C[C@H]2CN3C)s1. The Labute approximate surface area is 92.9 Å². The van der Waals surface area contributed by atoms with Gasteiger partial charge in [0, 0.05) is 25.2 Å². The fraction of sp³-hybridized carbons (Fsp3) is 0.600. The van der Waals surface area contributed by atoms with E-state index in [1.54, 1.807) is 0 Å². The van der Waals surface area contributed by atoms with Gasteiger partial charge in [0.25, 0.3) is 0 Å². The number of likely N-dealkylation sites (tertiary alicyclic amines) is 1. The summed E-state index contributed by atoms with van der Waals surface area (Å²) in [5.41, 5.74) is 0. The fourth-order valence-electron chi connectivity index (χ4n) is 2.49. The average Bonchev–Trinajstić information content (AvgIpc) is 2.89. The van der Waals surface area contributed by atoms with Crippen molar-refractivity contribution in [1.82, 2.24) is 15.1 Å². The second-order valence-electron chi connectivity index (χ2n) is 4.17. The minimum Gasteiger partial charge on any atom is -0.341 e. The van der Waals surface area contributed by atoms with E-state index in [1.807, 2.05) is 0 Å². The molecule has 0 unspecified atom stereocenters. The Balaban J connectivity index is 1.83. The quantitative estimate of drug-likeness (QED) is 0.642. The second kappa shape index (κ2) is 3.19. The summed E-state index contributed by atoms with van der Waals surface area (Å²) >= 11 is 1.52. The van der Waals surface area contributed by atoms with Crippen LogP contribution in [0.3, 0.4) is 0 Å². The number of likely N-dealkylation sites (N-methyl/N-ethyl adjacent to an activating group) is 1. The highest BCUT2D eigenvalue weighted by Gasteiger charge is 2.42. The zero-order valence-electron chi connectivity index (χ0n) is 8.55. The van der Waals surface area contributed by atoms with Crippen LogP contribution in [0.15, 0.2) is 0 Å². The molecule has 15 heavy (non-hydrogen) atoms. The Kier molecular flexibility index (Phi) is 1.94. The lowest BCUT2D eigenvalue weighted by Crippen LogP contribution is -2.44. The number of anilines is 1. The molecule has 2 atom stereocenters. The van der Waals surface area contributed by atoms with Crippen molar-refractivity contribution < 1.29 is 0 Å². The molecule has 0 saturated carbocycles. The number of fused-ring (bicyclic) bond motifs is 2. The third kappa shape index (κ3) is 1.33. The maximum Gasteiger partial charge on any atom is 0.209 e. The van der Waals surface area contributed by atoms with E-state index < -0.39 is 0 Å². The summed E-state index contributed by atoms with van der Waals surface area (Å²) < 4.78 is 0.